The molecule has 0 radical (unpaired) electrons. The van der Waals surface area contributed by atoms with Crippen LogP contribution in [-0.4, -0.2) is 24.2 Å². The number of alkyl halides is 6. The van der Waals surface area contributed by atoms with Gasteiger partial charge in [-0.05, 0) is 0 Å². The van der Waals surface area contributed by atoms with Gasteiger partial charge in [-0.1, -0.05) is 0 Å². The summed E-state index contributed by atoms with van der Waals surface area (Å²) in [6.45, 7) is 0. The lowest BCUT2D eigenvalue weighted by atomic mass is 10.6. The molecular formula is C4F8N2O2S. The topological polar surface area (TPSA) is 58.9 Å². The molecular weight excluding hydrogens is 292 g/mol. The monoisotopic (exact) mass is 292 g/mol. The molecule has 13 heteroatoms. The van der Waals surface area contributed by atoms with Gasteiger partial charge in [0.1, 0.15) is 0 Å². The molecule has 0 spiro atoms. The van der Waals surface area contributed by atoms with Crippen LogP contribution in [0.25, 0.3) is 0 Å². The number of hydrogen-bond acceptors (Lipinski definition) is 2. The second-order valence-corrected chi connectivity index (χ2v) is 3.40. The van der Waals surface area contributed by atoms with Crippen molar-refractivity contribution in [1.82, 2.24) is 0 Å². The zero-order chi connectivity index (χ0) is 14.1. The van der Waals surface area contributed by atoms with E-state index in [0.717, 1.165) is 8.73 Å². The standard InChI is InChI=1S/C4F8N2O2S/c5-3(6,7)1(15)13-17(11,12)14-2(16)4(8,9)10. The number of rotatable bonds is 0. The van der Waals surface area contributed by atoms with Gasteiger partial charge in [0.25, 0.3) is 10.4 Å². The van der Waals surface area contributed by atoms with Crippen LogP contribution in [0.1, 0.15) is 0 Å². The molecule has 2 amide bonds. The molecule has 17 heavy (non-hydrogen) atoms. The first-order valence-electron chi connectivity index (χ1n) is 3.16. The molecule has 0 saturated carbocycles. The molecule has 100 valence electrons. The average molecular weight is 292 g/mol. The fourth-order valence-corrected chi connectivity index (χ4v) is 0.970. The molecule has 0 unspecified atom stereocenters. The van der Waals surface area contributed by atoms with E-state index < -0.39 is 34.6 Å². The van der Waals surface area contributed by atoms with Crippen molar-refractivity contribution in [2.75, 3.05) is 0 Å². The molecule has 0 aromatic rings. The SMILES string of the molecule is O=C(N=S(F)(F)=NC(=O)C(F)(F)F)C(F)(F)F. The first-order valence-corrected chi connectivity index (χ1v) is 4.51. The number of halogens is 8. The van der Waals surface area contributed by atoms with Crippen molar-refractivity contribution in [2.24, 2.45) is 8.73 Å². The summed E-state index contributed by atoms with van der Waals surface area (Å²) < 4.78 is 95.5. The molecule has 0 bridgehead atoms. The van der Waals surface area contributed by atoms with E-state index >= 15 is 0 Å². The van der Waals surface area contributed by atoms with Gasteiger partial charge in [0.15, 0.2) is 0 Å². The van der Waals surface area contributed by atoms with Crippen molar-refractivity contribution in [1.29, 1.82) is 0 Å². The second-order valence-electron chi connectivity index (χ2n) is 2.20. The maximum absolute atomic E-state index is 12.3. The van der Waals surface area contributed by atoms with Gasteiger partial charge in [-0.25, -0.2) is 0 Å². The van der Waals surface area contributed by atoms with Gasteiger partial charge in [0.2, 0.25) is 0 Å². The van der Waals surface area contributed by atoms with E-state index in [1.165, 1.54) is 0 Å². The third kappa shape index (κ3) is 5.55. The molecule has 0 rings (SSSR count). The Kier molecular flexibility index (Phi) is 4.20. The van der Waals surface area contributed by atoms with Crippen LogP contribution < -0.4 is 0 Å². The fraction of sp³-hybridized carbons (Fsp3) is 0.500. The lowest BCUT2D eigenvalue weighted by Gasteiger charge is -2.01. The minimum atomic E-state index is -6.34. The first kappa shape index (κ1) is 15.7. The van der Waals surface area contributed by atoms with Crippen LogP contribution in [0.2, 0.25) is 0 Å². The van der Waals surface area contributed by atoms with Gasteiger partial charge < -0.3 is 0 Å². The normalized spacial score (nSPS) is 13.2. The molecule has 0 heterocycles. The Morgan fingerprint density at radius 1 is 0.765 bits per heavy atom. The summed E-state index contributed by atoms with van der Waals surface area (Å²) in [7, 11) is -6.34. The lowest BCUT2D eigenvalue weighted by Crippen LogP contribution is -2.22. The molecule has 0 aliphatic rings. The highest BCUT2D eigenvalue weighted by Gasteiger charge is 2.42. The predicted molar refractivity (Wildman–Crippen MR) is 36.6 cm³/mol. The number of nitrogens with zero attached hydrogens (tertiary/aromatic N) is 2. The minimum absolute atomic E-state index is 1.13. The molecule has 0 N–H and O–H groups in total. The smallest absolute Gasteiger partial charge is 0.261 e. The number of carbonyl (C=O) groups excluding carboxylic acids is 2. The molecule has 0 aliphatic carbocycles. The van der Waals surface area contributed by atoms with Crippen molar-refractivity contribution in [3.05, 3.63) is 0 Å². The van der Waals surface area contributed by atoms with Crippen LogP contribution in [0.5, 0.6) is 0 Å². The van der Waals surface area contributed by atoms with Crippen LogP contribution in [-0.2, 0) is 20.0 Å². The van der Waals surface area contributed by atoms with Crippen LogP contribution in [0.3, 0.4) is 0 Å². The third-order valence-electron chi connectivity index (χ3n) is 0.870. The molecule has 0 atom stereocenters. The van der Waals surface area contributed by atoms with E-state index in [-0.39, 0.29) is 0 Å². The molecule has 0 fully saturated rings. The molecule has 0 saturated heterocycles. The number of carbonyl (C=O) groups is 2. The van der Waals surface area contributed by atoms with Gasteiger partial charge in [-0.2, -0.15) is 26.3 Å². The van der Waals surface area contributed by atoms with Crippen LogP contribution in [0.4, 0.5) is 34.1 Å². The Bertz CT molecular complexity index is 407. The Morgan fingerprint density at radius 2 is 1.00 bits per heavy atom. The summed E-state index contributed by atoms with van der Waals surface area (Å²) >= 11 is 0. The Labute approximate surface area is 88.0 Å². The lowest BCUT2D eigenvalue weighted by molar-refractivity contribution is -0.169. The summed E-state index contributed by atoms with van der Waals surface area (Å²) in [5.41, 5.74) is 0. The van der Waals surface area contributed by atoms with E-state index in [1.807, 2.05) is 0 Å². The van der Waals surface area contributed by atoms with E-state index in [2.05, 4.69) is 0 Å². The molecule has 0 aromatic heterocycles. The van der Waals surface area contributed by atoms with Crippen molar-refractivity contribution in [3.8, 4) is 0 Å². The number of amides is 2. The third-order valence-corrected chi connectivity index (χ3v) is 1.64. The van der Waals surface area contributed by atoms with Gasteiger partial charge in [0, 0.05) is 0 Å². The Hall–Kier alpha value is -1.27. The van der Waals surface area contributed by atoms with E-state index in [4.69, 9.17) is 0 Å². The summed E-state index contributed by atoms with van der Waals surface area (Å²) in [5, 5.41) is 0. The minimum Gasteiger partial charge on any atom is -0.261 e. The maximum atomic E-state index is 12.3. The molecule has 0 aliphatic heterocycles. The van der Waals surface area contributed by atoms with Crippen LogP contribution >= 0.6 is 0 Å². The Morgan fingerprint density at radius 3 is 1.18 bits per heavy atom. The highest BCUT2D eigenvalue weighted by molar-refractivity contribution is 7.86. The summed E-state index contributed by atoms with van der Waals surface area (Å²) in [6, 6.07) is 0. The van der Waals surface area contributed by atoms with Crippen molar-refractivity contribution >= 4 is 22.2 Å². The highest BCUT2D eigenvalue weighted by atomic mass is 32.3. The largest absolute Gasteiger partial charge is 0.474 e. The molecule has 4 nitrogen and oxygen atoms in total. The van der Waals surface area contributed by atoms with Gasteiger partial charge >= 0.3 is 24.2 Å². The summed E-state index contributed by atoms with van der Waals surface area (Å²) in [4.78, 5) is 19.8. The van der Waals surface area contributed by atoms with Crippen molar-refractivity contribution in [2.45, 2.75) is 12.4 Å². The zero-order valence-corrected chi connectivity index (χ0v) is 7.96. The summed E-state index contributed by atoms with van der Waals surface area (Å²) in [6.07, 6.45) is -11.6. The van der Waals surface area contributed by atoms with Crippen LogP contribution in [0, 0.1) is 0 Å². The van der Waals surface area contributed by atoms with E-state index in [0.29, 0.717) is 0 Å². The quantitative estimate of drug-likeness (QED) is 0.644. The van der Waals surface area contributed by atoms with Gasteiger partial charge in [-0.15, -0.1) is 16.5 Å². The second kappa shape index (κ2) is 4.54. The van der Waals surface area contributed by atoms with Gasteiger partial charge in [0.05, 0.1) is 0 Å². The van der Waals surface area contributed by atoms with E-state index in [9.17, 15) is 43.7 Å². The Balaban J connectivity index is 5.44. The van der Waals surface area contributed by atoms with Crippen molar-refractivity contribution in [3.63, 3.8) is 0 Å². The van der Waals surface area contributed by atoms with Gasteiger partial charge in [-0.3, -0.25) is 9.59 Å². The summed E-state index contributed by atoms with van der Waals surface area (Å²) in [5.74, 6) is -6.65. The fourth-order valence-electron chi connectivity index (χ4n) is 0.323. The zero-order valence-electron chi connectivity index (χ0n) is 7.14. The maximum Gasteiger partial charge on any atom is 0.474 e. The number of hydrogen-bond donors (Lipinski definition) is 0. The predicted octanol–water partition coefficient (Wildman–Crippen LogP) is 2.45. The van der Waals surface area contributed by atoms with Crippen molar-refractivity contribution < 1.29 is 43.7 Å². The van der Waals surface area contributed by atoms with E-state index in [1.54, 1.807) is 0 Å². The van der Waals surface area contributed by atoms with Crippen LogP contribution in [0.15, 0.2) is 8.73 Å². The average Bonchev–Trinajstić information content (AvgIpc) is 1.97. The molecule has 0 aromatic carbocycles. The highest BCUT2D eigenvalue weighted by Crippen LogP contribution is 2.22. The first-order chi connectivity index (χ1) is 7.26.